The first-order chi connectivity index (χ1) is 16.7. The maximum atomic E-state index is 12.7. The number of nitro groups is 1. The molecule has 0 aliphatic carbocycles. The van der Waals surface area contributed by atoms with E-state index in [0.717, 1.165) is 12.2 Å². The number of benzene rings is 2. The lowest BCUT2D eigenvalue weighted by atomic mass is 9.79. The van der Waals surface area contributed by atoms with Crippen molar-refractivity contribution in [3.63, 3.8) is 0 Å². The van der Waals surface area contributed by atoms with Gasteiger partial charge in [0.25, 0.3) is 11.6 Å². The van der Waals surface area contributed by atoms with E-state index in [2.05, 4.69) is 32.5 Å². The number of nitrogens with one attached hydrogen (secondary N) is 1. The molecule has 1 atom stereocenters. The third kappa shape index (κ3) is 5.20. The van der Waals surface area contributed by atoms with Gasteiger partial charge in [-0.1, -0.05) is 47.6 Å². The summed E-state index contributed by atoms with van der Waals surface area (Å²) in [4.78, 5) is 30.4. The molecule has 1 unspecified atom stereocenters. The molecule has 0 fully saturated rings. The molecule has 0 bridgehead atoms. The third-order valence-electron chi connectivity index (χ3n) is 5.96. The van der Waals surface area contributed by atoms with Gasteiger partial charge in [-0.25, -0.2) is 0 Å². The Bertz CT molecular complexity index is 1330. The largest absolute Gasteiger partial charge is 0.362 e. The van der Waals surface area contributed by atoms with Crippen molar-refractivity contribution in [3.05, 3.63) is 105 Å². The van der Waals surface area contributed by atoms with Gasteiger partial charge in [0.05, 0.1) is 11.5 Å². The van der Waals surface area contributed by atoms with Crippen molar-refractivity contribution in [2.45, 2.75) is 39.8 Å². The van der Waals surface area contributed by atoms with Crippen LogP contribution in [-0.2, 0) is 17.9 Å². The van der Waals surface area contributed by atoms with Crippen molar-refractivity contribution in [1.29, 1.82) is 0 Å². The van der Waals surface area contributed by atoms with Gasteiger partial charge in [-0.2, -0.15) is 4.98 Å². The van der Waals surface area contributed by atoms with Gasteiger partial charge in [0.15, 0.2) is 11.6 Å². The highest BCUT2D eigenvalue weighted by Crippen LogP contribution is 2.43. The lowest BCUT2D eigenvalue weighted by Gasteiger charge is -2.29. The highest BCUT2D eigenvalue weighted by Gasteiger charge is 2.35. The minimum Gasteiger partial charge on any atom is -0.362 e. The molecule has 1 aliphatic rings. The molecule has 0 saturated carbocycles. The van der Waals surface area contributed by atoms with Gasteiger partial charge < -0.3 is 9.84 Å². The number of carbonyl (C=O) groups is 1. The molecular formula is C26H27N5O4. The summed E-state index contributed by atoms with van der Waals surface area (Å²) in [7, 11) is 1.97. The number of allylic oxidation sites excluding steroid dienone is 4. The van der Waals surface area contributed by atoms with Crippen molar-refractivity contribution in [2.75, 3.05) is 7.05 Å². The summed E-state index contributed by atoms with van der Waals surface area (Å²) in [5, 5.41) is 18.8. The summed E-state index contributed by atoms with van der Waals surface area (Å²) in [6.45, 7) is 6.36. The van der Waals surface area contributed by atoms with Crippen molar-refractivity contribution >= 4 is 17.0 Å². The standard InChI is InChI=1S/C26H27N5O4/c1-16-23(18(3)32)25(20-11-8-12-21(13-20)31(33)34)24(17(2)27-16)26-28-22(29-35-26)15-30(4)14-19-9-6-5-7-10-19/h5-13,25,27H,14-15H2,1-4H3. The zero-order valence-electron chi connectivity index (χ0n) is 20.1. The molecule has 2 aromatic carbocycles. The van der Waals surface area contributed by atoms with Crippen molar-refractivity contribution in [2.24, 2.45) is 0 Å². The van der Waals surface area contributed by atoms with Crippen LogP contribution in [0.2, 0.25) is 0 Å². The molecule has 35 heavy (non-hydrogen) atoms. The Morgan fingerprint density at radius 2 is 1.86 bits per heavy atom. The van der Waals surface area contributed by atoms with Crippen LogP contribution in [0.1, 0.15) is 49.5 Å². The number of hydrogen-bond acceptors (Lipinski definition) is 8. The van der Waals surface area contributed by atoms with Gasteiger partial charge in [-0.15, -0.1) is 0 Å². The average molecular weight is 474 g/mol. The van der Waals surface area contributed by atoms with E-state index in [4.69, 9.17) is 4.52 Å². The number of hydrogen-bond donors (Lipinski definition) is 1. The quantitative estimate of drug-likeness (QED) is 0.373. The summed E-state index contributed by atoms with van der Waals surface area (Å²) in [5.41, 5.74) is 4.31. The zero-order chi connectivity index (χ0) is 25.1. The second-order valence-corrected chi connectivity index (χ2v) is 8.72. The normalized spacial score (nSPS) is 16.0. The molecule has 0 spiro atoms. The van der Waals surface area contributed by atoms with Crippen LogP contribution in [0.15, 0.2) is 76.1 Å². The first-order valence-electron chi connectivity index (χ1n) is 11.2. The Morgan fingerprint density at radius 1 is 1.11 bits per heavy atom. The van der Waals surface area contributed by atoms with Gasteiger partial charge in [0.1, 0.15) is 0 Å². The zero-order valence-corrected chi connectivity index (χ0v) is 20.1. The van der Waals surface area contributed by atoms with E-state index in [9.17, 15) is 14.9 Å². The fourth-order valence-corrected chi connectivity index (χ4v) is 4.52. The SMILES string of the molecule is CC(=O)C1=C(C)NC(C)=C(c2nc(CN(C)Cc3ccccc3)no2)C1c1cccc([N+](=O)[O-])c1. The molecule has 4 rings (SSSR count). The van der Waals surface area contributed by atoms with E-state index in [-0.39, 0.29) is 17.4 Å². The van der Waals surface area contributed by atoms with Crippen LogP contribution in [-0.4, -0.2) is 32.8 Å². The van der Waals surface area contributed by atoms with Gasteiger partial charge in [0.2, 0.25) is 0 Å². The van der Waals surface area contributed by atoms with E-state index in [1.54, 1.807) is 12.1 Å². The lowest BCUT2D eigenvalue weighted by molar-refractivity contribution is -0.384. The minimum absolute atomic E-state index is 0.0488. The molecule has 3 aromatic rings. The third-order valence-corrected chi connectivity index (χ3v) is 5.96. The summed E-state index contributed by atoms with van der Waals surface area (Å²) < 4.78 is 5.66. The van der Waals surface area contributed by atoms with Crippen LogP contribution in [0.4, 0.5) is 5.69 Å². The highest BCUT2D eigenvalue weighted by atomic mass is 16.6. The number of carbonyl (C=O) groups excluding carboxylic acids is 1. The number of ketones is 1. The van der Waals surface area contributed by atoms with Crippen molar-refractivity contribution in [1.82, 2.24) is 20.4 Å². The molecule has 180 valence electrons. The Morgan fingerprint density at radius 3 is 2.54 bits per heavy atom. The van der Waals surface area contributed by atoms with E-state index in [0.29, 0.717) is 34.8 Å². The fraction of sp³-hybridized carbons (Fsp3) is 0.269. The Balaban J connectivity index is 1.69. The summed E-state index contributed by atoms with van der Waals surface area (Å²) in [6, 6.07) is 16.4. The smallest absolute Gasteiger partial charge is 0.269 e. The molecular weight excluding hydrogens is 446 g/mol. The first-order valence-corrected chi connectivity index (χ1v) is 11.2. The monoisotopic (exact) mass is 473 g/mol. The number of nitro benzene ring substituents is 1. The van der Waals surface area contributed by atoms with Gasteiger partial charge >= 0.3 is 0 Å². The van der Waals surface area contributed by atoms with Crippen LogP contribution in [0.25, 0.3) is 5.57 Å². The summed E-state index contributed by atoms with van der Waals surface area (Å²) in [6.07, 6.45) is 0. The van der Waals surface area contributed by atoms with Gasteiger partial charge in [0, 0.05) is 47.1 Å². The molecule has 1 aliphatic heterocycles. The van der Waals surface area contributed by atoms with E-state index in [1.165, 1.54) is 24.6 Å². The van der Waals surface area contributed by atoms with Gasteiger partial charge in [-0.05, 0) is 38.9 Å². The minimum atomic E-state index is -0.580. The summed E-state index contributed by atoms with van der Waals surface area (Å²) in [5.74, 6) is 0.0656. The fourth-order valence-electron chi connectivity index (χ4n) is 4.52. The Hall–Kier alpha value is -4.11. The second-order valence-electron chi connectivity index (χ2n) is 8.72. The second kappa shape index (κ2) is 10.0. The Labute approximate surface area is 203 Å². The topological polar surface area (TPSA) is 114 Å². The molecule has 0 radical (unpaired) electrons. The van der Waals surface area contributed by atoms with Gasteiger partial charge in [-0.3, -0.25) is 19.8 Å². The molecule has 0 amide bonds. The molecule has 9 nitrogen and oxygen atoms in total. The van der Waals surface area contributed by atoms with Crippen molar-refractivity contribution < 1.29 is 14.2 Å². The molecule has 0 saturated heterocycles. The maximum absolute atomic E-state index is 12.7. The Kier molecular flexibility index (Phi) is 6.88. The number of nitrogens with zero attached hydrogens (tertiary/aromatic N) is 4. The van der Waals surface area contributed by atoms with Crippen LogP contribution in [0.3, 0.4) is 0 Å². The predicted octanol–water partition coefficient (Wildman–Crippen LogP) is 4.59. The molecule has 1 aromatic heterocycles. The van der Waals surface area contributed by atoms with Crippen LogP contribution >= 0.6 is 0 Å². The highest BCUT2D eigenvalue weighted by molar-refractivity contribution is 6.00. The first kappa shape index (κ1) is 24.0. The van der Waals surface area contributed by atoms with Crippen LogP contribution in [0.5, 0.6) is 0 Å². The number of rotatable bonds is 8. The number of Topliss-reactive ketones (excluding diaryl/α,β-unsaturated/α-hetero) is 1. The van der Waals surface area contributed by atoms with E-state index in [1.807, 2.05) is 39.1 Å². The van der Waals surface area contributed by atoms with Crippen LogP contribution in [0, 0.1) is 10.1 Å². The number of aromatic nitrogens is 2. The van der Waals surface area contributed by atoms with E-state index >= 15 is 0 Å². The lowest BCUT2D eigenvalue weighted by Crippen LogP contribution is -2.27. The average Bonchev–Trinajstić information content (AvgIpc) is 3.26. The number of non-ortho nitro benzene ring substituents is 1. The predicted molar refractivity (Wildman–Crippen MR) is 131 cm³/mol. The number of dihydropyridines is 1. The summed E-state index contributed by atoms with van der Waals surface area (Å²) >= 11 is 0. The van der Waals surface area contributed by atoms with Crippen molar-refractivity contribution in [3.8, 4) is 0 Å². The maximum Gasteiger partial charge on any atom is 0.269 e. The molecule has 1 N–H and O–H groups in total. The van der Waals surface area contributed by atoms with E-state index < -0.39 is 10.8 Å². The molecule has 2 heterocycles. The molecule has 9 heteroatoms. The van der Waals surface area contributed by atoms with Crippen LogP contribution < -0.4 is 5.32 Å².